The van der Waals surface area contributed by atoms with Crippen LogP contribution in [0, 0.1) is 5.82 Å². The van der Waals surface area contributed by atoms with Gasteiger partial charge in [-0.05, 0) is 46.9 Å². The third kappa shape index (κ3) is 5.72. The van der Waals surface area contributed by atoms with Crippen LogP contribution in [0.2, 0.25) is 5.02 Å². The Morgan fingerprint density at radius 3 is 2.70 bits per heavy atom. The molecule has 0 bridgehead atoms. The Morgan fingerprint density at radius 1 is 1.04 bits per heavy atom. The van der Waals surface area contributed by atoms with Gasteiger partial charge in [0.05, 0.1) is 5.75 Å². The number of amides is 1. The predicted molar refractivity (Wildman–Crippen MR) is 113 cm³/mol. The zero-order valence-corrected chi connectivity index (χ0v) is 16.5. The van der Waals surface area contributed by atoms with E-state index >= 15 is 0 Å². The molecule has 3 aromatic carbocycles. The van der Waals surface area contributed by atoms with Crippen molar-refractivity contribution < 1.29 is 9.18 Å². The van der Waals surface area contributed by atoms with Gasteiger partial charge in [0.1, 0.15) is 5.82 Å². The summed E-state index contributed by atoms with van der Waals surface area (Å²) in [6, 6.07) is 19.3. The summed E-state index contributed by atoms with van der Waals surface area (Å²) < 4.78 is 13.7. The number of halogens is 2. The van der Waals surface area contributed by atoms with Crippen molar-refractivity contribution in [2.45, 2.75) is 18.6 Å². The molecule has 2 nitrogen and oxygen atoms in total. The molecule has 0 aromatic heterocycles. The minimum atomic E-state index is -0.328. The van der Waals surface area contributed by atoms with Crippen LogP contribution in [0.1, 0.15) is 17.5 Å². The molecule has 140 valence electrons. The van der Waals surface area contributed by atoms with Crippen LogP contribution in [-0.4, -0.2) is 18.2 Å². The van der Waals surface area contributed by atoms with Crippen molar-refractivity contribution in [3.63, 3.8) is 0 Å². The number of carbonyl (C=O) groups is 1. The molecule has 0 unspecified atom stereocenters. The van der Waals surface area contributed by atoms with Gasteiger partial charge in [0.2, 0.25) is 5.91 Å². The number of benzene rings is 3. The van der Waals surface area contributed by atoms with E-state index in [1.54, 1.807) is 12.1 Å². The second kappa shape index (κ2) is 9.77. The topological polar surface area (TPSA) is 29.1 Å². The summed E-state index contributed by atoms with van der Waals surface area (Å²) in [6.07, 6.45) is 1.81. The molecule has 27 heavy (non-hydrogen) atoms. The number of rotatable bonds is 8. The monoisotopic (exact) mass is 401 g/mol. The second-order valence-corrected chi connectivity index (χ2v) is 7.74. The zero-order chi connectivity index (χ0) is 19.1. The first-order valence-electron chi connectivity index (χ1n) is 8.88. The highest BCUT2D eigenvalue weighted by atomic mass is 35.5. The molecular weight excluding hydrogens is 381 g/mol. The Hall–Kier alpha value is -2.04. The molecule has 0 aliphatic rings. The van der Waals surface area contributed by atoms with Gasteiger partial charge in [0.15, 0.2) is 0 Å². The minimum Gasteiger partial charge on any atom is -0.355 e. The van der Waals surface area contributed by atoms with E-state index in [1.165, 1.54) is 34.2 Å². The molecule has 0 aliphatic heterocycles. The fourth-order valence-corrected chi connectivity index (χ4v) is 3.96. The first-order chi connectivity index (χ1) is 13.1. The van der Waals surface area contributed by atoms with E-state index in [2.05, 4.69) is 35.6 Å². The molecule has 0 spiro atoms. The van der Waals surface area contributed by atoms with Crippen molar-refractivity contribution in [1.29, 1.82) is 0 Å². The van der Waals surface area contributed by atoms with Gasteiger partial charge in [-0.2, -0.15) is 0 Å². The Morgan fingerprint density at radius 2 is 1.85 bits per heavy atom. The van der Waals surface area contributed by atoms with E-state index < -0.39 is 0 Å². The Balaban J connectivity index is 1.38. The zero-order valence-electron chi connectivity index (χ0n) is 14.9. The van der Waals surface area contributed by atoms with Gasteiger partial charge in [0.25, 0.3) is 0 Å². The largest absolute Gasteiger partial charge is 0.355 e. The van der Waals surface area contributed by atoms with Crippen molar-refractivity contribution in [2.24, 2.45) is 0 Å². The molecular formula is C22H21ClFNOS. The lowest BCUT2D eigenvalue weighted by molar-refractivity contribution is -0.118. The number of aryl methyl sites for hydroxylation is 1. The van der Waals surface area contributed by atoms with Crippen LogP contribution < -0.4 is 5.32 Å². The van der Waals surface area contributed by atoms with Crippen LogP contribution in [-0.2, 0) is 17.0 Å². The Labute approximate surface area is 168 Å². The quantitative estimate of drug-likeness (QED) is 0.497. The van der Waals surface area contributed by atoms with Crippen LogP contribution in [0.4, 0.5) is 4.39 Å². The average molecular weight is 402 g/mol. The minimum absolute atomic E-state index is 0.0210. The Bertz CT molecular complexity index is 926. The molecule has 3 aromatic rings. The smallest absolute Gasteiger partial charge is 0.230 e. The average Bonchev–Trinajstić information content (AvgIpc) is 2.67. The van der Waals surface area contributed by atoms with Crippen LogP contribution in [0.25, 0.3) is 10.8 Å². The maximum Gasteiger partial charge on any atom is 0.230 e. The third-order valence-electron chi connectivity index (χ3n) is 4.33. The maximum atomic E-state index is 13.7. The fraction of sp³-hybridized carbons (Fsp3) is 0.227. The van der Waals surface area contributed by atoms with Gasteiger partial charge >= 0.3 is 0 Å². The molecule has 0 heterocycles. The van der Waals surface area contributed by atoms with Crippen LogP contribution >= 0.6 is 23.4 Å². The number of hydrogen-bond acceptors (Lipinski definition) is 2. The van der Waals surface area contributed by atoms with Crippen LogP contribution in [0.15, 0.2) is 60.7 Å². The van der Waals surface area contributed by atoms with E-state index in [-0.39, 0.29) is 11.7 Å². The van der Waals surface area contributed by atoms with Gasteiger partial charge < -0.3 is 5.32 Å². The highest BCUT2D eigenvalue weighted by Gasteiger charge is 2.06. The molecule has 0 saturated carbocycles. The van der Waals surface area contributed by atoms with Gasteiger partial charge in [0, 0.05) is 17.3 Å². The predicted octanol–water partition coefficient (Wildman–Crippen LogP) is 5.61. The molecule has 5 heteroatoms. The van der Waals surface area contributed by atoms with Crippen molar-refractivity contribution >= 4 is 40.0 Å². The summed E-state index contributed by atoms with van der Waals surface area (Å²) in [4.78, 5) is 11.9. The van der Waals surface area contributed by atoms with Gasteiger partial charge in [-0.25, -0.2) is 4.39 Å². The highest BCUT2D eigenvalue weighted by molar-refractivity contribution is 7.99. The fourth-order valence-electron chi connectivity index (χ4n) is 2.96. The lowest BCUT2D eigenvalue weighted by Crippen LogP contribution is -2.26. The summed E-state index contributed by atoms with van der Waals surface area (Å²) in [5.74, 6) is 0.417. The van der Waals surface area contributed by atoms with Gasteiger partial charge in [-0.15, -0.1) is 11.8 Å². The second-order valence-electron chi connectivity index (χ2n) is 6.32. The van der Waals surface area contributed by atoms with Crippen molar-refractivity contribution in [2.75, 3.05) is 12.3 Å². The highest BCUT2D eigenvalue weighted by Crippen LogP contribution is 2.20. The summed E-state index contributed by atoms with van der Waals surface area (Å²) in [5, 5.41) is 5.83. The lowest BCUT2D eigenvalue weighted by Gasteiger charge is -2.08. The summed E-state index contributed by atoms with van der Waals surface area (Å²) in [6.45, 7) is 0.637. The van der Waals surface area contributed by atoms with E-state index in [4.69, 9.17) is 11.6 Å². The molecule has 0 radical (unpaired) electrons. The van der Waals surface area contributed by atoms with E-state index in [0.29, 0.717) is 28.6 Å². The number of carbonyl (C=O) groups excluding carboxylic acids is 1. The summed E-state index contributed by atoms with van der Waals surface area (Å²) >= 11 is 7.13. The standard InChI is InChI=1S/C22H21ClFNOS/c23-19-11-10-18(21(24)13-19)14-27-15-22(26)25-12-4-8-17-7-3-6-16-5-1-2-9-20(16)17/h1-3,5-7,9-11,13H,4,8,12,14-15H2,(H,25,26). The van der Waals surface area contributed by atoms with E-state index in [0.717, 1.165) is 12.8 Å². The molecule has 0 atom stereocenters. The van der Waals surface area contributed by atoms with E-state index in [9.17, 15) is 9.18 Å². The lowest BCUT2D eigenvalue weighted by atomic mass is 10.0. The Kier molecular flexibility index (Phi) is 7.13. The molecule has 1 amide bonds. The summed E-state index contributed by atoms with van der Waals surface area (Å²) in [5.41, 5.74) is 1.86. The summed E-state index contributed by atoms with van der Waals surface area (Å²) in [7, 11) is 0. The number of fused-ring (bicyclic) bond motifs is 1. The first kappa shape index (κ1) is 19.7. The van der Waals surface area contributed by atoms with Crippen molar-refractivity contribution in [3.05, 3.63) is 82.6 Å². The first-order valence-corrected chi connectivity index (χ1v) is 10.4. The van der Waals surface area contributed by atoms with Crippen LogP contribution in [0.3, 0.4) is 0 Å². The maximum absolute atomic E-state index is 13.7. The number of nitrogens with one attached hydrogen (secondary N) is 1. The van der Waals surface area contributed by atoms with Crippen LogP contribution in [0.5, 0.6) is 0 Å². The van der Waals surface area contributed by atoms with Gasteiger partial charge in [-0.3, -0.25) is 4.79 Å². The normalized spacial score (nSPS) is 10.9. The number of hydrogen-bond donors (Lipinski definition) is 1. The SMILES string of the molecule is O=C(CSCc1ccc(Cl)cc1F)NCCCc1cccc2ccccc12. The molecule has 0 fully saturated rings. The van der Waals surface area contributed by atoms with Gasteiger partial charge in [-0.1, -0.05) is 60.1 Å². The third-order valence-corrected chi connectivity index (χ3v) is 5.55. The molecule has 0 aliphatic carbocycles. The van der Waals surface area contributed by atoms with Crippen molar-refractivity contribution in [3.8, 4) is 0 Å². The molecule has 0 saturated heterocycles. The van der Waals surface area contributed by atoms with E-state index in [1.807, 2.05) is 12.1 Å². The number of thioether (sulfide) groups is 1. The molecule has 3 rings (SSSR count). The van der Waals surface area contributed by atoms with Crippen molar-refractivity contribution in [1.82, 2.24) is 5.32 Å². The molecule has 1 N–H and O–H groups in total.